The Balaban J connectivity index is 1.65. The zero-order chi connectivity index (χ0) is 24.1. The van der Waals surface area contributed by atoms with Gasteiger partial charge in [0.25, 0.3) is 5.91 Å². The fraction of sp³-hybridized carbons (Fsp3) is 0.154. The topological polar surface area (TPSA) is 84.3 Å². The number of rotatable bonds is 8. The number of carbonyl (C=O) groups is 1. The number of amides is 1. The van der Waals surface area contributed by atoms with E-state index in [9.17, 15) is 13.2 Å². The lowest BCUT2D eigenvalue weighted by Crippen LogP contribution is -2.27. The fourth-order valence-electron chi connectivity index (χ4n) is 3.69. The van der Waals surface area contributed by atoms with Gasteiger partial charge in [0.1, 0.15) is 0 Å². The van der Waals surface area contributed by atoms with Gasteiger partial charge in [0, 0.05) is 43.0 Å². The molecule has 4 aromatic rings. The Morgan fingerprint density at radius 1 is 0.971 bits per heavy atom. The first-order valence-corrected chi connectivity index (χ1v) is 12.4. The summed E-state index contributed by atoms with van der Waals surface area (Å²) in [5.41, 5.74) is 3.83. The molecule has 174 valence electrons. The summed E-state index contributed by atoms with van der Waals surface area (Å²) in [6, 6.07) is 25.7. The average molecular weight is 475 g/mol. The predicted octanol–water partition coefficient (Wildman–Crippen LogP) is 4.11. The third-order valence-electron chi connectivity index (χ3n) is 5.34. The second-order valence-electron chi connectivity index (χ2n) is 7.84. The first-order valence-electron chi connectivity index (χ1n) is 10.9. The van der Waals surface area contributed by atoms with Crippen molar-refractivity contribution in [1.82, 2.24) is 19.4 Å². The minimum Gasteiger partial charge on any atom is -0.337 e. The van der Waals surface area contributed by atoms with Crippen molar-refractivity contribution in [2.75, 3.05) is 13.6 Å². The first-order chi connectivity index (χ1) is 16.4. The van der Waals surface area contributed by atoms with E-state index in [4.69, 9.17) is 5.10 Å². The van der Waals surface area contributed by atoms with E-state index in [0.29, 0.717) is 12.1 Å². The van der Waals surface area contributed by atoms with E-state index in [1.165, 1.54) is 12.1 Å². The summed E-state index contributed by atoms with van der Waals surface area (Å²) in [6.45, 7) is 2.29. The zero-order valence-corrected chi connectivity index (χ0v) is 19.9. The highest BCUT2D eigenvalue weighted by atomic mass is 32.2. The van der Waals surface area contributed by atoms with Crippen molar-refractivity contribution in [2.45, 2.75) is 18.4 Å². The third-order valence-corrected chi connectivity index (χ3v) is 6.88. The van der Waals surface area contributed by atoms with Crippen LogP contribution < -0.4 is 4.72 Å². The van der Waals surface area contributed by atoms with Gasteiger partial charge < -0.3 is 4.90 Å². The molecule has 3 aromatic carbocycles. The lowest BCUT2D eigenvalue weighted by Gasteiger charge is -2.18. The third kappa shape index (κ3) is 5.08. The van der Waals surface area contributed by atoms with Crippen molar-refractivity contribution in [3.8, 4) is 16.9 Å². The van der Waals surface area contributed by atoms with E-state index in [2.05, 4.69) is 4.72 Å². The van der Waals surface area contributed by atoms with Crippen molar-refractivity contribution in [2.24, 2.45) is 0 Å². The van der Waals surface area contributed by atoms with Gasteiger partial charge >= 0.3 is 0 Å². The molecule has 0 fully saturated rings. The van der Waals surface area contributed by atoms with Crippen LogP contribution in [0.3, 0.4) is 0 Å². The van der Waals surface area contributed by atoms with E-state index >= 15 is 0 Å². The maximum Gasteiger partial charge on any atom is 0.253 e. The van der Waals surface area contributed by atoms with Gasteiger partial charge in [-0.1, -0.05) is 61.5 Å². The molecule has 1 amide bonds. The molecule has 0 bridgehead atoms. The molecule has 0 spiro atoms. The van der Waals surface area contributed by atoms with Crippen LogP contribution in [0.15, 0.2) is 96.0 Å². The lowest BCUT2D eigenvalue weighted by molar-refractivity contribution is 0.0785. The molecule has 0 aliphatic rings. The van der Waals surface area contributed by atoms with Crippen LogP contribution in [-0.2, 0) is 16.6 Å². The number of para-hydroxylation sites is 1. The molecule has 1 aromatic heterocycles. The maximum atomic E-state index is 13.2. The van der Waals surface area contributed by atoms with Gasteiger partial charge in [-0.05, 0) is 30.3 Å². The Morgan fingerprint density at radius 3 is 2.32 bits per heavy atom. The Bertz CT molecular complexity index is 1380. The predicted molar refractivity (Wildman–Crippen MR) is 132 cm³/mol. The molecule has 1 N–H and O–H groups in total. The van der Waals surface area contributed by atoms with E-state index < -0.39 is 10.0 Å². The molecule has 0 saturated carbocycles. The van der Waals surface area contributed by atoms with Crippen LogP contribution in [-0.4, -0.2) is 42.6 Å². The number of sulfonamides is 1. The molecule has 34 heavy (non-hydrogen) atoms. The maximum absolute atomic E-state index is 13.2. The number of nitrogens with zero attached hydrogens (tertiary/aromatic N) is 3. The second kappa shape index (κ2) is 10.0. The summed E-state index contributed by atoms with van der Waals surface area (Å²) < 4.78 is 29.0. The minimum absolute atomic E-state index is 0.0653. The highest BCUT2D eigenvalue weighted by Gasteiger charge is 2.20. The Morgan fingerprint density at radius 2 is 1.65 bits per heavy atom. The Kier molecular flexibility index (Phi) is 6.90. The van der Waals surface area contributed by atoms with Crippen molar-refractivity contribution < 1.29 is 13.2 Å². The van der Waals surface area contributed by atoms with Crippen LogP contribution in [0.2, 0.25) is 0 Å². The molecular formula is C26H26N4O3S. The molecule has 1 heterocycles. The molecule has 7 nitrogen and oxygen atoms in total. The molecule has 0 aliphatic heterocycles. The smallest absolute Gasteiger partial charge is 0.253 e. The molecule has 0 radical (unpaired) electrons. The van der Waals surface area contributed by atoms with Gasteiger partial charge in [-0.3, -0.25) is 4.79 Å². The Labute approximate surface area is 199 Å². The fourth-order valence-corrected chi connectivity index (χ4v) is 4.78. The van der Waals surface area contributed by atoms with Crippen molar-refractivity contribution in [3.05, 3.63) is 102 Å². The number of aromatic nitrogens is 2. The number of hydrogen-bond donors (Lipinski definition) is 1. The van der Waals surface area contributed by atoms with Crippen molar-refractivity contribution >= 4 is 15.9 Å². The molecule has 0 unspecified atom stereocenters. The minimum atomic E-state index is -3.66. The van der Waals surface area contributed by atoms with Gasteiger partial charge in [0.15, 0.2) is 0 Å². The molecule has 8 heteroatoms. The largest absolute Gasteiger partial charge is 0.337 e. The number of carbonyl (C=O) groups excluding carboxylic acids is 1. The van der Waals surface area contributed by atoms with Crippen molar-refractivity contribution in [1.29, 1.82) is 0 Å². The summed E-state index contributed by atoms with van der Waals surface area (Å²) in [5.74, 6) is -0.278. The molecule has 4 rings (SSSR count). The monoisotopic (exact) mass is 474 g/mol. The van der Waals surface area contributed by atoms with Crippen molar-refractivity contribution in [3.63, 3.8) is 0 Å². The van der Waals surface area contributed by atoms with Gasteiger partial charge in [-0.2, -0.15) is 5.10 Å². The standard InChI is InChI=1S/C26H26N4O3S/c1-3-27-34(32,33)24-16-10-13-21(17-24)26(31)29(2)18-22-19-30(23-14-8-5-9-15-23)28-25(22)20-11-6-4-7-12-20/h4-17,19,27H,3,18H2,1-2H3. The highest BCUT2D eigenvalue weighted by molar-refractivity contribution is 7.89. The van der Waals surface area contributed by atoms with E-state index in [1.807, 2.05) is 66.9 Å². The van der Waals surface area contributed by atoms with Gasteiger partial charge in [0.05, 0.1) is 16.3 Å². The molecule has 0 atom stereocenters. The van der Waals surface area contributed by atoms with Crippen LogP contribution in [0.5, 0.6) is 0 Å². The normalized spacial score (nSPS) is 11.4. The quantitative estimate of drug-likeness (QED) is 0.417. The van der Waals surface area contributed by atoms with Crippen LogP contribution in [0.25, 0.3) is 16.9 Å². The number of hydrogen-bond acceptors (Lipinski definition) is 4. The summed E-state index contributed by atoms with van der Waals surface area (Å²) in [5, 5.41) is 4.79. The first kappa shape index (κ1) is 23.4. The van der Waals surface area contributed by atoms with E-state index in [1.54, 1.807) is 35.7 Å². The van der Waals surface area contributed by atoms with E-state index in [-0.39, 0.29) is 17.3 Å². The molecular weight excluding hydrogens is 448 g/mol. The SMILES string of the molecule is CCNS(=O)(=O)c1cccc(C(=O)N(C)Cc2cn(-c3ccccc3)nc2-c2ccccc2)c1. The number of benzene rings is 3. The van der Waals surface area contributed by atoms with Crippen LogP contribution in [0.1, 0.15) is 22.8 Å². The van der Waals surface area contributed by atoms with Gasteiger partial charge in [-0.15, -0.1) is 0 Å². The van der Waals surface area contributed by atoms with Gasteiger partial charge in [0.2, 0.25) is 10.0 Å². The zero-order valence-electron chi connectivity index (χ0n) is 19.0. The van der Waals surface area contributed by atoms with E-state index in [0.717, 1.165) is 22.5 Å². The van der Waals surface area contributed by atoms with Crippen LogP contribution in [0, 0.1) is 0 Å². The highest BCUT2D eigenvalue weighted by Crippen LogP contribution is 2.25. The molecule has 0 saturated heterocycles. The van der Waals surface area contributed by atoms with Crippen LogP contribution >= 0.6 is 0 Å². The average Bonchev–Trinajstić information content (AvgIpc) is 3.28. The Hall–Kier alpha value is -3.75. The second-order valence-corrected chi connectivity index (χ2v) is 9.61. The summed E-state index contributed by atoms with van der Waals surface area (Å²) in [4.78, 5) is 14.8. The lowest BCUT2D eigenvalue weighted by atomic mass is 10.1. The summed E-state index contributed by atoms with van der Waals surface area (Å²) in [6.07, 6.45) is 1.92. The van der Waals surface area contributed by atoms with Gasteiger partial charge in [-0.25, -0.2) is 17.8 Å². The molecule has 0 aliphatic carbocycles. The summed E-state index contributed by atoms with van der Waals surface area (Å²) >= 11 is 0. The number of nitrogens with one attached hydrogen (secondary N) is 1. The summed E-state index contributed by atoms with van der Waals surface area (Å²) in [7, 11) is -1.96. The van der Waals surface area contributed by atoms with Crippen LogP contribution in [0.4, 0.5) is 0 Å².